The second-order valence-electron chi connectivity index (χ2n) is 3.69. The number of nitrogens with two attached hydrogens (primary N) is 1. The summed E-state index contributed by atoms with van der Waals surface area (Å²) in [6, 6.07) is 3.29. The van der Waals surface area contributed by atoms with Crippen molar-refractivity contribution in [2.24, 2.45) is 10.9 Å². The van der Waals surface area contributed by atoms with Gasteiger partial charge in [0.25, 0.3) is 5.91 Å². The second kappa shape index (κ2) is 4.96. The Hall–Kier alpha value is -1.89. The Morgan fingerprint density at radius 1 is 1.53 bits per heavy atom. The summed E-state index contributed by atoms with van der Waals surface area (Å²) in [5.41, 5.74) is 3.47. The lowest BCUT2D eigenvalue weighted by molar-refractivity contribution is -0.140. The van der Waals surface area contributed by atoms with Gasteiger partial charge in [-0.2, -0.15) is 0 Å². The number of hydrogen-bond acceptors (Lipinski definition) is 5. The van der Waals surface area contributed by atoms with Gasteiger partial charge in [-0.15, -0.1) is 11.3 Å². The number of primary amides is 1. The molecule has 0 spiro atoms. The summed E-state index contributed by atoms with van der Waals surface area (Å²) in [7, 11) is 0. The summed E-state index contributed by atoms with van der Waals surface area (Å²) in [6.07, 6.45) is 0. The molecule has 1 aromatic heterocycles. The van der Waals surface area contributed by atoms with Crippen LogP contribution in [0.3, 0.4) is 0 Å². The van der Waals surface area contributed by atoms with Crippen LogP contribution in [0.25, 0.3) is 0 Å². The standard InChI is InChI=1S/C10H12N2O4S/c1-10(2,9(11)15)16-12-7(8(13)14)6-4-3-5-17-6/h3-5H,1-2H3,(H2,11,15)(H,13,14). The number of carboxylic acids is 1. The summed E-state index contributed by atoms with van der Waals surface area (Å²) < 4.78 is 0. The molecule has 0 saturated carbocycles. The third-order valence-corrected chi connectivity index (χ3v) is 2.79. The minimum atomic E-state index is -1.35. The minimum Gasteiger partial charge on any atom is -0.476 e. The number of carboxylic acid groups (broad SMARTS) is 1. The van der Waals surface area contributed by atoms with E-state index in [0.717, 1.165) is 0 Å². The number of oxime groups is 1. The molecule has 0 aliphatic rings. The van der Waals surface area contributed by atoms with Crippen molar-refractivity contribution in [3.05, 3.63) is 22.4 Å². The first-order valence-corrected chi connectivity index (χ1v) is 5.56. The number of carbonyl (C=O) groups is 2. The van der Waals surface area contributed by atoms with Crippen LogP contribution in [0.15, 0.2) is 22.7 Å². The highest BCUT2D eigenvalue weighted by atomic mass is 32.1. The van der Waals surface area contributed by atoms with E-state index in [2.05, 4.69) is 5.16 Å². The van der Waals surface area contributed by atoms with Crippen LogP contribution in [0, 0.1) is 0 Å². The van der Waals surface area contributed by atoms with Gasteiger partial charge in [0.05, 0.1) is 4.88 Å². The van der Waals surface area contributed by atoms with Crippen molar-refractivity contribution >= 4 is 28.9 Å². The molecule has 3 N–H and O–H groups in total. The lowest BCUT2D eigenvalue weighted by atomic mass is 10.1. The van der Waals surface area contributed by atoms with Gasteiger partial charge in [-0.05, 0) is 25.3 Å². The Morgan fingerprint density at radius 3 is 2.59 bits per heavy atom. The molecule has 0 aliphatic heterocycles. The molecular weight excluding hydrogens is 244 g/mol. The SMILES string of the molecule is CC(C)(ON=C(C(=O)O)c1cccs1)C(N)=O. The van der Waals surface area contributed by atoms with Gasteiger partial charge in [0.15, 0.2) is 0 Å². The number of rotatable bonds is 5. The van der Waals surface area contributed by atoms with Crippen LogP contribution < -0.4 is 5.73 Å². The summed E-state index contributed by atoms with van der Waals surface area (Å²) in [4.78, 5) is 27.3. The van der Waals surface area contributed by atoms with E-state index >= 15 is 0 Å². The van der Waals surface area contributed by atoms with Gasteiger partial charge in [-0.1, -0.05) is 11.2 Å². The number of nitrogens with zero attached hydrogens (tertiary/aromatic N) is 1. The van der Waals surface area contributed by atoms with E-state index in [4.69, 9.17) is 15.7 Å². The van der Waals surface area contributed by atoms with Crippen molar-refractivity contribution in [1.82, 2.24) is 0 Å². The average Bonchev–Trinajstić information content (AvgIpc) is 2.70. The van der Waals surface area contributed by atoms with E-state index in [-0.39, 0.29) is 5.71 Å². The van der Waals surface area contributed by atoms with Crippen LogP contribution in [0.1, 0.15) is 18.7 Å². The molecule has 0 atom stereocenters. The molecule has 1 aromatic rings. The van der Waals surface area contributed by atoms with Gasteiger partial charge in [-0.25, -0.2) is 4.79 Å². The summed E-state index contributed by atoms with van der Waals surface area (Å²) in [5.74, 6) is -1.95. The molecule has 0 unspecified atom stereocenters. The molecule has 92 valence electrons. The van der Waals surface area contributed by atoms with Gasteiger partial charge in [0.2, 0.25) is 11.3 Å². The normalized spacial score (nSPS) is 12.2. The molecule has 1 rings (SSSR count). The van der Waals surface area contributed by atoms with Gasteiger partial charge in [0, 0.05) is 0 Å². The Balaban J connectivity index is 2.94. The Bertz CT molecular complexity index is 451. The topological polar surface area (TPSA) is 102 Å². The zero-order chi connectivity index (χ0) is 13.1. The number of hydrogen-bond donors (Lipinski definition) is 2. The van der Waals surface area contributed by atoms with Gasteiger partial charge >= 0.3 is 5.97 Å². The van der Waals surface area contributed by atoms with E-state index in [1.165, 1.54) is 25.2 Å². The van der Waals surface area contributed by atoms with E-state index in [1.807, 2.05) is 0 Å². The van der Waals surface area contributed by atoms with Crippen LogP contribution in [0.4, 0.5) is 0 Å². The summed E-state index contributed by atoms with van der Waals surface area (Å²) in [5, 5.41) is 14.2. The van der Waals surface area contributed by atoms with Crippen LogP contribution in [-0.2, 0) is 14.4 Å². The number of thiophene rings is 1. The first-order chi connectivity index (χ1) is 7.84. The third-order valence-electron chi connectivity index (χ3n) is 1.92. The highest BCUT2D eigenvalue weighted by Crippen LogP contribution is 2.14. The van der Waals surface area contributed by atoms with E-state index in [1.54, 1.807) is 17.5 Å². The van der Waals surface area contributed by atoms with Crippen molar-refractivity contribution in [3.8, 4) is 0 Å². The largest absolute Gasteiger partial charge is 0.476 e. The molecule has 0 fully saturated rings. The van der Waals surface area contributed by atoms with Crippen molar-refractivity contribution in [3.63, 3.8) is 0 Å². The molecule has 1 heterocycles. The molecular formula is C10H12N2O4S. The lowest BCUT2D eigenvalue weighted by Gasteiger charge is -2.17. The lowest BCUT2D eigenvalue weighted by Crippen LogP contribution is -2.39. The summed E-state index contributed by atoms with van der Waals surface area (Å²) >= 11 is 1.21. The average molecular weight is 256 g/mol. The Labute approximate surface area is 102 Å². The number of carbonyl (C=O) groups excluding carboxylic acids is 1. The quantitative estimate of drug-likeness (QED) is 0.601. The van der Waals surface area contributed by atoms with Crippen molar-refractivity contribution in [1.29, 1.82) is 0 Å². The molecule has 7 heteroatoms. The monoisotopic (exact) mass is 256 g/mol. The minimum absolute atomic E-state index is 0.255. The fourth-order valence-electron chi connectivity index (χ4n) is 0.807. The van der Waals surface area contributed by atoms with E-state index < -0.39 is 17.5 Å². The smallest absolute Gasteiger partial charge is 0.359 e. The van der Waals surface area contributed by atoms with Crippen LogP contribution in [-0.4, -0.2) is 28.3 Å². The van der Waals surface area contributed by atoms with E-state index in [0.29, 0.717) is 4.88 Å². The zero-order valence-corrected chi connectivity index (χ0v) is 10.2. The first kappa shape index (κ1) is 13.2. The molecule has 0 radical (unpaired) electrons. The Kier molecular flexibility index (Phi) is 3.84. The predicted octanol–water partition coefficient (Wildman–Crippen LogP) is 0.817. The molecule has 1 amide bonds. The summed E-state index contributed by atoms with van der Waals surface area (Å²) in [6.45, 7) is 2.82. The van der Waals surface area contributed by atoms with Gasteiger partial charge in [-0.3, -0.25) is 4.79 Å². The fraction of sp³-hybridized carbons (Fsp3) is 0.300. The maximum Gasteiger partial charge on any atom is 0.359 e. The Morgan fingerprint density at radius 2 is 2.18 bits per heavy atom. The van der Waals surface area contributed by atoms with Crippen LogP contribution in [0.2, 0.25) is 0 Å². The molecule has 6 nitrogen and oxygen atoms in total. The maximum atomic E-state index is 11.0. The highest BCUT2D eigenvalue weighted by molar-refractivity contribution is 7.13. The molecule has 0 saturated heterocycles. The number of amides is 1. The second-order valence-corrected chi connectivity index (χ2v) is 4.64. The molecule has 17 heavy (non-hydrogen) atoms. The fourth-order valence-corrected chi connectivity index (χ4v) is 1.50. The molecule has 0 bridgehead atoms. The molecule has 0 aromatic carbocycles. The first-order valence-electron chi connectivity index (χ1n) is 4.68. The third kappa shape index (κ3) is 3.28. The highest BCUT2D eigenvalue weighted by Gasteiger charge is 2.28. The van der Waals surface area contributed by atoms with Gasteiger partial charge < -0.3 is 15.7 Å². The van der Waals surface area contributed by atoms with Crippen molar-refractivity contribution in [2.75, 3.05) is 0 Å². The van der Waals surface area contributed by atoms with Crippen molar-refractivity contribution in [2.45, 2.75) is 19.4 Å². The zero-order valence-electron chi connectivity index (χ0n) is 9.34. The van der Waals surface area contributed by atoms with E-state index in [9.17, 15) is 9.59 Å². The van der Waals surface area contributed by atoms with Gasteiger partial charge in [0.1, 0.15) is 0 Å². The molecule has 0 aliphatic carbocycles. The van der Waals surface area contributed by atoms with Crippen LogP contribution >= 0.6 is 11.3 Å². The number of aliphatic carboxylic acids is 1. The predicted molar refractivity (Wildman–Crippen MR) is 62.9 cm³/mol. The van der Waals surface area contributed by atoms with Crippen molar-refractivity contribution < 1.29 is 19.5 Å². The van der Waals surface area contributed by atoms with Crippen LogP contribution in [0.5, 0.6) is 0 Å². The maximum absolute atomic E-state index is 11.0.